The molecular weight excluding hydrogens is 174 g/mol. The van der Waals surface area contributed by atoms with E-state index in [0.29, 0.717) is 0 Å². The van der Waals surface area contributed by atoms with Gasteiger partial charge in [0.15, 0.2) is 5.82 Å². The number of aromatic nitrogens is 1. The predicted molar refractivity (Wildman–Crippen MR) is 56.8 cm³/mol. The molecule has 3 nitrogen and oxygen atoms in total. The van der Waals surface area contributed by atoms with Gasteiger partial charge >= 0.3 is 0 Å². The lowest BCUT2D eigenvalue weighted by atomic mass is 10.3. The Kier molecular flexibility index (Phi) is 1.44. The van der Waals surface area contributed by atoms with Gasteiger partial charge in [-0.25, -0.2) is 4.98 Å². The molecule has 2 N–H and O–H groups in total. The Bertz CT molecular complexity index is 428. The molecule has 0 unspecified atom stereocenters. The van der Waals surface area contributed by atoms with Gasteiger partial charge in [-0.3, -0.25) is 0 Å². The zero-order valence-electron chi connectivity index (χ0n) is 7.49. The van der Waals surface area contributed by atoms with Crippen LogP contribution in [0.15, 0.2) is 54.0 Å². The molecule has 0 radical (unpaired) electrons. The number of hydrogen-bond donors (Lipinski definition) is 2. The van der Waals surface area contributed by atoms with E-state index >= 15 is 0 Å². The SMILES string of the molecule is C1=CC(=C2Nc3cccnc3N2)C=C1. The van der Waals surface area contributed by atoms with E-state index in [0.717, 1.165) is 22.9 Å². The van der Waals surface area contributed by atoms with E-state index in [1.807, 2.05) is 24.3 Å². The largest absolute Gasteiger partial charge is 0.338 e. The van der Waals surface area contributed by atoms with Crippen molar-refractivity contribution in [2.75, 3.05) is 10.6 Å². The summed E-state index contributed by atoms with van der Waals surface area (Å²) in [7, 11) is 0. The van der Waals surface area contributed by atoms with Crippen molar-refractivity contribution in [1.82, 2.24) is 4.98 Å². The summed E-state index contributed by atoms with van der Waals surface area (Å²) in [6.07, 6.45) is 9.92. The van der Waals surface area contributed by atoms with Gasteiger partial charge in [0.1, 0.15) is 5.82 Å². The van der Waals surface area contributed by atoms with Crippen molar-refractivity contribution < 1.29 is 0 Å². The number of rotatable bonds is 0. The third-order valence-electron chi connectivity index (χ3n) is 2.26. The molecule has 0 fully saturated rings. The van der Waals surface area contributed by atoms with E-state index in [-0.39, 0.29) is 0 Å². The molecule has 0 saturated heterocycles. The van der Waals surface area contributed by atoms with Gasteiger partial charge in [-0.05, 0) is 12.1 Å². The van der Waals surface area contributed by atoms with Crippen molar-refractivity contribution >= 4 is 11.5 Å². The first-order chi connectivity index (χ1) is 6.93. The summed E-state index contributed by atoms with van der Waals surface area (Å²) in [5.74, 6) is 1.90. The Balaban J connectivity index is 2.03. The summed E-state index contributed by atoms with van der Waals surface area (Å²) < 4.78 is 0. The highest BCUT2D eigenvalue weighted by molar-refractivity contribution is 5.77. The standard InChI is InChI=1S/C11H9N3/c1-2-5-8(4-1)10-13-9-6-3-7-12-11(9)14-10/h1-7,13H,(H,12,14). The molecule has 1 aliphatic heterocycles. The van der Waals surface area contributed by atoms with Crippen LogP contribution in [0.3, 0.4) is 0 Å². The number of pyridine rings is 1. The van der Waals surface area contributed by atoms with Gasteiger partial charge in [0.2, 0.25) is 0 Å². The minimum absolute atomic E-state index is 0.892. The minimum atomic E-state index is 0.892. The average molecular weight is 183 g/mol. The van der Waals surface area contributed by atoms with Crippen molar-refractivity contribution in [3.8, 4) is 0 Å². The summed E-state index contributed by atoms with van der Waals surface area (Å²) in [6, 6.07) is 3.92. The van der Waals surface area contributed by atoms with Crippen molar-refractivity contribution in [3.63, 3.8) is 0 Å². The van der Waals surface area contributed by atoms with Crippen LogP contribution in [0, 0.1) is 0 Å². The van der Waals surface area contributed by atoms with Crippen LogP contribution in [0.5, 0.6) is 0 Å². The molecule has 0 saturated carbocycles. The Morgan fingerprint density at radius 1 is 1.07 bits per heavy atom. The number of nitrogens with one attached hydrogen (secondary N) is 2. The second-order valence-electron chi connectivity index (χ2n) is 3.20. The van der Waals surface area contributed by atoms with Crippen LogP contribution >= 0.6 is 0 Å². The second-order valence-corrected chi connectivity index (χ2v) is 3.20. The first kappa shape index (κ1) is 7.38. The molecule has 3 heteroatoms. The molecule has 1 aromatic heterocycles. The van der Waals surface area contributed by atoms with Crippen molar-refractivity contribution in [3.05, 3.63) is 54.0 Å². The van der Waals surface area contributed by atoms with Gasteiger partial charge in [-0.2, -0.15) is 0 Å². The van der Waals surface area contributed by atoms with Gasteiger partial charge in [-0.15, -0.1) is 0 Å². The molecule has 2 aliphatic rings. The van der Waals surface area contributed by atoms with Crippen molar-refractivity contribution in [1.29, 1.82) is 0 Å². The smallest absolute Gasteiger partial charge is 0.155 e. The Hall–Kier alpha value is -2.03. The zero-order chi connectivity index (χ0) is 9.38. The summed E-state index contributed by atoms with van der Waals surface area (Å²) in [4.78, 5) is 4.22. The predicted octanol–water partition coefficient (Wildman–Crippen LogP) is 2.26. The molecule has 2 heterocycles. The molecule has 0 aromatic carbocycles. The lowest BCUT2D eigenvalue weighted by molar-refractivity contribution is 1.33. The van der Waals surface area contributed by atoms with E-state index in [1.165, 1.54) is 0 Å². The first-order valence-electron chi connectivity index (χ1n) is 4.51. The van der Waals surface area contributed by atoms with Gasteiger partial charge in [-0.1, -0.05) is 24.3 Å². The maximum atomic E-state index is 4.22. The van der Waals surface area contributed by atoms with E-state index in [4.69, 9.17) is 0 Å². The summed E-state index contributed by atoms with van der Waals surface area (Å²) >= 11 is 0. The molecule has 1 aliphatic carbocycles. The lowest BCUT2D eigenvalue weighted by Gasteiger charge is -2.00. The molecule has 3 rings (SSSR count). The average Bonchev–Trinajstić information content (AvgIpc) is 2.86. The third-order valence-corrected chi connectivity index (χ3v) is 2.26. The highest BCUT2D eigenvalue weighted by Crippen LogP contribution is 2.29. The molecule has 14 heavy (non-hydrogen) atoms. The number of allylic oxidation sites excluding steroid dienone is 5. The maximum absolute atomic E-state index is 4.22. The van der Waals surface area contributed by atoms with E-state index in [1.54, 1.807) is 6.20 Å². The lowest BCUT2D eigenvalue weighted by Crippen LogP contribution is -2.01. The van der Waals surface area contributed by atoms with Crippen molar-refractivity contribution in [2.24, 2.45) is 0 Å². The highest BCUT2D eigenvalue weighted by Gasteiger charge is 2.16. The van der Waals surface area contributed by atoms with Crippen LogP contribution < -0.4 is 10.6 Å². The number of anilines is 2. The van der Waals surface area contributed by atoms with Crippen LogP contribution in [-0.4, -0.2) is 4.98 Å². The number of fused-ring (bicyclic) bond motifs is 1. The molecule has 0 amide bonds. The fourth-order valence-electron chi connectivity index (χ4n) is 1.58. The molecule has 68 valence electrons. The van der Waals surface area contributed by atoms with Crippen molar-refractivity contribution in [2.45, 2.75) is 0 Å². The number of nitrogens with zero attached hydrogens (tertiary/aromatic N) is 1. The monoisotopic (exact) mass is 183 g/mol. The van der Waals surface area contributed by atoms with Gasteiger partial charge in [0, 0.05) is 11.8 Å². The normalized spacial score (nSPS) is 16.9. The van der Waals surface area contributed by atoms with Gasteiger partial charge in [0.05, 0.1) is 5.69 Å². The second kappa shape index (κ2) is 2.73. The van der Waals surface area contributed by atoms with E-state index in [9.17, 15) is 0 Å². The minimum Gasteiger partial charge on any atom is -0.338 e. The third kappa shape index (κ3) is 1.03. The summed E-state index contributed by atoms with van der Waals surface area (Å²) in [6.45, 7) is 0. The Morgan fingerprint density at radius 3 is 2.71 bits per heavy atom. The van der Waals surface area contributed by atoms with Crippen LogP contribution in [0.2, 0.25) is 0 Å². The zero-order valence-corrected chi connectivity index (χ0v) is 7.49. The molecular formula is C11H9N3. The quantitative estimate of drug-likeness (QED) is 0.647. The fraction of sp³-hybridized carbons (Fsp3) is 0. The topological polar surface area (TPSA) is 37.0 Å². The molecule has 1 aromatic rings. The van der Waals surface area contributed by atoms with Crippen LogP contribution in [0.1, 0.15) is 0 Å². The van der Waals surface area contributed by atoms with Crippen LogP contribution in [0.25, 0.3) is 0 Å². The summed E-state index contributed by atoms with van der Waals surface area (Å²) in [5, 5.41) is 6.51. The number of hydrogen-bond acceptors (Lipinski definition) is 3. The fourth-order valence-corrected chi connectivity index (χ4v) is 1.58. The molecule has 0 atom stereocenters. The maximum Gasteiger partial charge on any atom is 0.155 e. The Labute approximate surface area is 81.9 Å². The first-order valence-corrected chi connectivity index (χ1v) is 4.51. The van der Waals surface area contributed by atoms with E-state index in [2.05, 4.69) is 27.8 Å². The van der Waals surface area contributed by atoms with E-state index < -0.39 is 0 Å². The molecule has 0 spiro atoms. The van der Waals surface area contributed by atoms with Crippen LogP contribution in [-0.2, 0) is 0 Å². The van der Waals surface area contributed by atoms with Gasteiger partial charge < -0.3 is 10.6 Å². The molecule has 0 bridgehead atoms. The summed E-state index contributed by atoms with van der Waals surface area (Å²) in [5.41, 5.74) is 2.19. The van der Waals surface area contributed by atoms with Crippen LogP contribution in [0.4, 0.5) is 11.5 Å². The van der Waals surface area contributed by atoms with Gasteiger partial charge in [0.25, 0.3) is 0 Å². The Morgan fingerprint density at radius 2 is 1.93 bits per heavy atom. The highest BCUT2D eigenvalue weighted by atomic mass is 15.2.